The van der Waals surface area contributed by atoms with Gasteiger partial charge in [0.25, 0.3) is 0 Å². The van der Waals surface area contributed by atoms with Gasteiger partial charge in [-0.1, -0.05) is 12.8 Å². The molecule has 2 heterocycles. The number of amides is 2. The number of piperidine rings is 1. The molecule has 0 bridgehead atoms. The van der Waals surface area contributed by atoms with E-state index in [1.165, 1.54) is 31.3 Å². The molecule has 2 aliphatic rings. The molecule has 0 spiro atoms. The molecule has 1 aliphatic heterocycles. The quantitative estimate of drug-likeness (QED) is 0.874. The molecule has 1 aromatic heterocycles. The third kappa shape index (κ3) is 4.19. The van der Waals surface area contributed by atoms with E-state index in [-0.39, 0.29) is 17.7 Å². The third-order valence-corrected chi connectivity index (χ3v) is 5.24. The van der Waals surface area contributed by atoms with Crippen LogP contribution in [0.1, 0.15) is 45.4 Å². The van der Waals surface area contributed by atoms with E-state index in [9.17, 15) is 9.59 Å². The number of hydrogen-bond acceptors (Lipinski definition) is 6. The summed E-state index contributed by atoms with van der Waals surface area (Å²) in [6, 6.07) is 0.366. The Hall–Kier alpha value is -1.70. The van der Waals surface area contributed by atoms with Crippen LogP contribution in [0.25, 0.3) is 0 Å². The molecule has 8 heteroatoms. The Balaban J connectivity index is 1.57. The van der Waals surface area contributed by atoms with Gasteiger partial charge in [0.1, 0.15) is 0 Å². The molecule has 23 heavy (non-hydrogen) atoms. The predicted octanol–water partition coefficient (Wildman–Crippen LogP) is 1.77. The maximum Gasteiger partial charge on any atom is 0.243 e. The lowest BCUT2D eigenvalue weighted by Crippen LogP contribution is -2.45. The number of anilines is 2. The second-order valence-electron chi connectivity index (χ2n) is 6.36. The van der Waals surface area contributed by atoms with Gasteiger partial charge in [-0.15, -0.1) is 0 Å². The van der Waals surface area contributed by atoms with Gasteiger partial charge >= 0.3 is 0 Å². The van der Waals surface area contributed by atoms with Gasteiger partial charge in [0.2, 0.25) is 22.9 Å². The molecule has 2 fully saturated rings. The molecule has 1 atom stereocenters. The van der Waals surface area contributed by atoms with Gasteiger partial charge in [0, 0.05) is 37.6 Å². The van der Waals surface area contributed by atoms with E-state index in [0.717, 1.165) is 37.4 Å². The van der Waals surface area contributed by atoms with Crippen molar-refractivity contribution in [3.05, 3.63) is 0 Å². The van der Waals surface area contributed by atoms with Crippen LogP contribution >= 0.6 is 11.5 Å². The molecular weight excluding hydrogens is 314 g/mol. The largest absolute Gasteiger partial charge is 0.353 e. The lowest BCUT2D eigenvalue weighted by atomic mass is 9.97. The van der Waals surface area contributed by atoms with Gasteiger partial charge in [0.05, 0.1) is 5.92 Å². The Kier molecular flexibility index (Phi) is 5.09. The van der Waals surface area contributed by atoms with Crippen LogP contribution in [0.5, 0.6) is 0 Å². The standard InChI is InChI=1S/C15H23N5O2S/c1-10(21)16-14-18-15(23-19-14)20-8-4-5-11(9-20)13(22)17-12-6-2-3-7-12/h11-12H,2-9H2,1H3,(H,17,22)(H,16,19,21). The van der Waals surface area contributed by atoms with Crippen molar-refractivity contribution < 1.29 is 9.59 Å². The first-order valence-electron chi connectivity index (χ1n) is 8.28. The van der Waals surface area contributed by atoms with Gasteiger partial charge in [-0.3, -0.25) is 14.9 Å². The van der Waals surface area contributed by atoms with Crippen LogP contribution in [0, 0.1) is 5.92 Å². The Morgan fingerprint density at radius 2 is 2.00 bits per heavy atom. The molecule has 2 amide bonds. The first-order valence-corrected chi connectivity index (χ1v) is 9.06. The number of nitrogens with one attached hydrogen (secondary N) is 2. The number of rotatable bonds is 4. The van der Waals surface area contributed by atoms with Crippen molar-refractivity contribution in [3.63, 3.8) is 0 Å². The Bertz CT molecular complexity index is 570. The summed E-state index contributed by atoms with van der Waals surface area (Å²) in [5, 5.41) is 6.56. The SMILES string of the molecule is CC(=O)Nc1nsc(N2CCCC(C(=O)NC3CCCC3)C2)n1. The first-order chi connectivity index (χ1) is 11.1. The Morgan fingerprint density at radius 3 is 2.74 bits per heavy atom. The van der Waals surface area contributed by atoms with Gasteiger partial charge in [0.15, 0.2) is 0 Å². The maximum atomic E-state index is 12.5. The highest BCUT2D eigenvalue weighted by molar-refractivity contribution is 7.09. The summed E-state index contributed by atoms with van der Waals surface area (Å²) >= 11 is 1.26. The third-order valence-electron chi connectivity index (χ3n) is 4.47. The smallest absolute Gasteiger partial charge is 0.243 e. The Morgan fingerprint density at radius 1 is 1.22 bits per heavy atom. The average molecular weight is 337 g/mol. The molecule has 1 saturated heterocycles. The van der Waals surface area contributed by atoms with Crippen LogP contribution in [0.15, 0.2) is 0 Å². The molecule has 1 aromatic rings. The highest BCUT2D eigenvalue weighted by Crippen LogP contribution is 2.26. The lowest BCUT2D eigenvalue weighted by molar-refractivity contribution is -0.126. The zero-order valence-corrected chi connectivity index (χ0v) is 14.2. The minimum Gasteiger partial charge on any atom is -0.353 e. The molecule has 126 valence electrons. The summed E-state index contributed by atoms with van der Waals surface area (Å²) in [5.41, 5.74) is 0. The van der Waals surface area contributed by atoms with Crippen molar-refractivity contribution in [3.8, 4) is 0 Å². The van der Waals surface area contributed by atoms with Crippen molar-refractivity contribution in [2.75, 3.05) is 23.3 Å². The van der Waals surface area contributed by atoms with Crippen LogP contribution in [-0.2, 0) is 9.59 Å². The van der Waals surface area contributed by atoms with E-state index in [0.29, 0.717) is 18.5 Å². The summed E-state index contributed by atoms with van der Waals surface area (Å²) < 4.78 is 4.14. The highest BCUT2D eigenvalue weighted by Gasteiger charge is 2.29. The fraction of sp³-hybridized carbons (Fsp3) is 0.733. The molecule has 0 aromatic carbocycles. The minimum atomic E-state index is -0.179. The van der Waals surface area contributed by atoms with Crippen molar-refractivity contribution >= 4 is 34.4 Å². The molecule has 7 nitrogen and oxygen atoms in total. The molecule has 1 saturated carbocycles. The van der Waals surface area contributed by atoms with Crippen LogP contribution in [-0.4, -0.2) is 40.3 Å². The lowest BCUT2D eigenvalue weighted by Gasteiger charge is -2.32. The van der Waals surface area contributed by atoms with Crippen molar-refractivity contribution in [1.29, 1.82) is 0 Å². The fourth-order valence-electron chi connectivity index (χ4n) is 3.31. The van der Waals surface area contributed by atoms with E-state index in [1.54, 1.807) is 0 Å². The van der Waals surface area contributed by atoms with Gasteiger partial charge in [-0.25, -0.2) is 0 Å². The number of hydrogen-bond donors (Lipinski definition) is 2. The molecule has 2 N–H and O–H groups in total. The predicted molar refractivity (Wildman–Crippen MR) is 89.5 cm³/mol. The summed E-state index contributed by atoms with van der Waals surface area (Å²) in [6.45, 7) is 2.99. The molecule has 0 radical (unpaired) electrons. The molecule has 3 rings (SSSR count). The van der Waals surface area contributed by atoms with Crippen LogP contribution in [0.4, 0.5) is 11.1 Å². The molecule has 1 unspecified atom stereocenters. The molecule has 1 aliphatic carbocycles. The van der Waals surface area contributed by atoms with E-state index in [1.807, 2.05) is 0 Å². The van der Waals surface area contributed by atoms with Crippen molar-refractivity contribution in [2.45, 2.75) is 51.5 Å². The maximum absolute atomic E-state index is 12.5. The zero-order chi connectivity index (χ0) is 16.2. The summed E-state index contributed by atoms with van der Waals surface area (Å²) in [5.74, 6) is 0.350. The van der Waals surface area contributed by atoms with Crippen molar-refractivity contribution in [2.24, 2.45) is 5.92 Å². The van der Waals surface area contributed by atoms with E-state index < -0.39 is 0 Å². The highest BCUT2D eigenvalue weighted by atomic mass is 32.1. The summed E-state index contributed by atoms with van der Waals surface area (Å²) in [6.07, 6.45) is 6.55. The molecular formula is C15H23N5O2S. The Labute approximate surface area is 140 Å². The number of carbonyl (C=O) groups is 2. The van der Waals surface area contributed by atoms with E-state index in [4.69, 9.17) is 0 Å². The summed E-state index contributed by atoms with van der Waals surface area (Å²) in [7, 11) is 0. The second kappa shape index (κ2) is 7.25. The van der Waals surface area contributed by atoms with Gasteiger partial charge < -0.3 is 10.2 Å². The van der Waals surface area contributed by atoms with Gasteiger partial charge in [-0.05, 0) is 25.7 Å². The monoisotopic (exact) mass is 337 g/mol. The average Bonchev–Trinajstić information content (AvgIpc) is 3.18. The van der Waals surface area contributed by atoms with Gasteiger partial charge in [-0.2, -0.15) is 9.36 Å². The normalized spacial score (nSPS) is 22.1. The minimum absolute atomic E-state index is 0.0115. The summed E-state index contributed by atoms with van der Waals surface area (Å²) in [4.78, 5) is 29.9. The van der Waals surface area contributed by atoms with Crippen molar-refractivity contribution in [1.82, 2.24) is 14.7 Å². The number of aromatic nitrogens is 2. The van der Waals surface area contributed by atoms with Crippen LogP contribution in [0.3, 0.4) is 0 Å². The van der Waals surface area contributed by atoms with Crippen LogP contribution < -0.4 is 15.5 Å². The fourth-order valence-corrected chi connectivity index (χ4v) is 3.97. The number of carbonyl (C=O) groups excluding carboxylic acids is 2. The first kappa shape index (κ1) is 16.2. The van der Waals surface area contributed by atoms with Crippen LogP contribution in [0.2, 0.25) is 0 Å². The topological polar surface area (TPSA) is 87.2 Å². The zero-order valence-electron chi connectivity index (χ0n) is 13.4. The second-order valence-corrected chi connectivity index (χ2v) is 7.09. The number of nitrogens with zero attached hydrogens (tertiary/aromatic N) is 3. The van der Waals surface area contributed by atoms with E-state index >= 15 is 0 Å². The van der Waals surface area contributed by atoms with E-state index in [2.05, 4.69) is 24.9 Å².